The van der Waals surface area contributed by atoms with E-state index in [1.807, 2.05) is 60.7 Å². The molecule has 0 radical (unpaired) electrons. The molecular weight excluding hydrogens is 532 g/mol. The maximum absolute atomic E-state index is 12.3. The minimum Gasteiger partial charge on any atom is -0.404 e. The summed E-state index contributed by atoms with van der Waals surface area (Å²) in [6.07, 6.45) is -3.36. The molecule has 0 bridgehead atoms. The first-order chi connectivity index (χ1) is 19.0. The molecule has 40 heavy (non-hydrogen) atoms. The molecule has 5 rings (SSSR count). The van der Waals surface area contributed by atoms with Crippen molar-refractivity contribution in [3.05, 3.63) is 87.8 Å². The SMILES string of the molecule is CC(C)(C)[Si](OC[C@@]1(N=[N+]=[N-])O[C@@H](n2cnc3c(=O)[nH]c(N)nc32)[C@H](O)[C@@H]1O)(c1ccccc1)c1ccccc1. The molecule has 13 nitrogen and oxygen atoms in total. The zero-order valence-corrected chi connectivity index (χ0v) is 23.2. The van der Waals surface area contributed by atoms with Crippen molar-refractivity contribution < 1.29 is 19.4 Å². The summed E-state index contributed by atoms with van der Waals surface area (Å²) in [6, 6.07) is 19.6. The van der Waals surface area contributed by atoms with Crippen molar-refractivity contribution in [3.8, 4) is 0 Å². The predicted molar refractivity (Wildman–Crippen MR) is 150 cm³/mol. The van der Waals surface area contributed by atoms with E-state index >= 15 is 0 Å². The van der Waals surface area contributed by atoms with Gasteiger partial charge in [0.2, 0.25) is 5.95 Å². The van der Waals surface area contributed by atoms with Gasteiger partial charge in [0.15, 0.2) is 23.1 Å². The highest BCUT2D eigenvalue weighted by Crippen LogP contribution is 2.42. The van der Waals surface area contributed by atoms with Crippen LogP contribution in [0.15, 0.2) is 76.9 Å². The third-order valence-corrected chi connectivity index (χ3v) is 12.2. The molecule has 14 heteroatoms. The van der Waals surface area contributed by atoms with Crippen molar-refractivity contribution in [1.82, 2.24) is 19.5 Å². The van der Waals surface area contributed by atoms with Crippen LogP contribution in [-0.4, -0.2) is 62.6 Å². The number of nitrogens with one attached hydrogen (secondary N) is 1. The Morgan fingerprint density at radius 3 is 2.33 bits per heavy atom. The van der Waals surface area contributed by atoms with Crippen LogP contribution in [0.25, 0.3) is 21.6 Å². The van der Waals surface area contributed by atoms with E-state index in [0.29, 0.717) is 0 Å². The summed E-state index contributed by atoms with van der Waals surface area (Å²) in [4.78, 5) is 25.8. The predicted octanol–water partition coefficient (Wildman–Crippen LogP) is 1.54. The average Bonchev–Trinajstić information content (AvgIpc) is 3.45. The van der Waals surface area contributed by atoms with Crippen LogP contribution in [0, 0.1) is 0 Å². The Morgan fingerprint density at radius 1 is 1.18 bits per heavy atom. The van der Waals surface area contributed by atoms with Crippen LogP contribution in [0.5, 0.6) is 0 Å². The number of aliphatic hydroxyl groups is 2. The fourth-order valence-corrected chi connectivity index (χ4v) is 9.98. The van der Waals surface area contributed by atoms with Crippen LogP contribution in [0.1, 0.15) is 27.0 Å². The first-order valence-corrected chi connectivity index (χ1v) is 14.5. The number of hydrogen-bond acceptors (Lipinski definition) is 9. The topological polar surface area (TPSA) is 197 Å². The van der Waals surface area contributed by atoms with Crippen molar-refractivity contribution in [1.29, 1.82) is 0 Å². The van der Waals surface area contributed by atoms with E-state index in [1.165, 1.54) is 10.9 Å². The fraction of sp³-hybridized carbons (Fsp3) is 0.346. The smallest absolute Gasteiger partial charge is 0.280 e. The molecule has 1 fully saturated rings. The molecule has 0 amide bonds. The second kappa shape index (κ2) is 10.2. The number of imidazole rings is 1. The van der Waals surface area contributed by atoms with Crippen molar-refractivity contribution in [3.63, 3.8) is 0 Å². The number of azide groups is 1. The van der Waals surface area contributed by atoms with Gasteiger partial charge in [-0.1, -0.05) is 86.5 Å². The van der Waals surface area contributed by atoms with Gasteiger partial charge in [-0.2, -0.15) is 4.98 Å². The van der Waals surface area contributed by atoms with Gasteiger partial charge in [-0.15, -0.1) is 0 Å². The number of benzene rings is 2. The van der Waals surface area contributed by atoms with Crippen molar-refractivity contribution in [2.24, 2.45) is 5.11 Å². The molecule has 3 heterocycles. The minimum absolute atomic E-state index is 0.0298. The number of H-pyrrole nitrogens is 1. The number of aromatic amines is 1. The van der Waals surface area contributed by atoms with Gasteiger partial charge in [0.25, 0.3) is 13.9 Å². The van der Waals surface area contributed by atoms with E-state index < -0.39 is 43.1 Å². The minimum atomic E-state index is -3.14. The number of nitrogens with two attached hydrogens (primary N) is 1. The molecule has 2 aromatic heterocycles. The quantitative estimate of drug-likeness (QED) is 0.112. The molecule has 1 saturated heterocycles. The summed E-state index contributed by atoms with van der Waals surface area (Å²) in [5, 5.41) is 27.7. The molecule has 0 unspecified atom stereocenters. The number of anilines is 1. The molecule has 4 atom stereocenters. The molecule has 2 aromatic carbocycles. The standard InChI is InChI=1S/C26H30N8O5Si/c1-25(2,3)40(16-10-6-4-7-11-16,17-12-8-5-9-13-17)38-14-26(32-33-28)20(36)19(35)23(39-26)34-15-29-18-21(34)30-24(27)31-22(18)37/h4-13,15,19-20,23,35-36H,14H2,1-3H3,(H3,27,30,31,37)/t19-,20+,23-,26-/m1/s1. The van der Waals surface area contributed by atoms with Gasteiger partial charge in [0.1, 0.15) is 12.2 Å². The van der Waals surface area contributed by atoms with Gasteiger partial charge in [-0.3, -0.25) is 14.3 Å². The van der Waals surface area contributed by atoms with Crippen LogP contribution < -0.4 is 21.7 Å². The Hall–Kier alpha value is -4.04. The molecule has 5 N–H and O–H groups in total. The van der Waals surface area contributed by atoms with Gasteiger partial charge in [0, 0.05) is 4.91 Å². The van der Waals surface area contributed by atoms with Gasteiger partial charge >= 0.3 is 0 Å². The van der Waals surface area contributed by atoms with Crippen molar-refractivity contribution >= 4 is 35.8 Å². The highest BCUT2D eigenvalue weighted by molar-refractivity contribution is 6.99. The normalized spacial score (nSPS) is 23.3. The van der Waals surface area contributed by atoms with Gasteiger partial charge in [-0.05, 0) is 20.9 Å². The van der Waals surface area contributed by atoms with E-state index in [4.69, 9.17) is 14.9 Å². The summed E-state index contributed by atoms with van der Waals surface area (Å²) in [7, 11) is -3.14. The van der Waals surface area contributed by atoms with E-state index in [2.05, 4.69) is 45.7 Å². The first-order valence-electron chi connectivity index (χ1n) is 12.6. The number of nitrogen functional groups attached to an aromatic ring is 1. The Kier molecular flexibility index (Phi) is 7.00. The van der Waals surface area contributed by atoms with E-state index in [1.54, 1.807) is 0 Å². The Balaban J connectivity index is 1.60. The highest BCUT2D eigenvalue weighted by Gasteiger charge is 2.58. The molecule has 4 aromatic rings. The zero-order chi connectivity index (χ0) is 28.7. The Labute approximate surface area is 230 Å². The van der Waals surface area contributed by atoms with Gasteiger partial charge in [0.05, 0.1) is 12.9 Å². The summed E-state index contributed by atoms with van der Waals surface area (Å²) >= 11 is 0. The number of aliphatic hydroxyl groups excluding tert-OH is 2. The fourth-order valence-electron chi connectivity index (χ4n) is 5.40. The average molecular weight is 563 g/mol. The monoisotopic (exact) mass is 562 g/mol. The van der Waals surface area contributed by atoms with E-state index in [9.17, 15) is 20.5 Å². The molecule has 1 aliphatic heterocycles. The number of aromatic nitrogens is 4. The van der Waals surface area contributed by atoms with Crippen LogP contribution in [0.3, 0.4) is 0 Å². The summed E-state index contributed by atoms with van der Waals surface area (Å²) in [5.41, 5.74) is 12.6. The van der Waals surface area contributed by atoms with Crippen molar-refractivity contribution in [2.75, 3.05) is 12.3 Å². The summed E-state index contributed by atoms with van der Waals surface area (Å²) in [6.45, 7) is 5.86. The van der Waals surface area contributed by atoms with Crippen LogP contribution >= 0.6 is 0 Å². The maximum Gasteiger partial charge on any atom is 0.280 e. The number of rotatable bonds is 7. The molecule has 0 spiro atoms. The molecule has 0 saturated carbocycles. The number of nitrogens with zero attached hydrogens (tertiary/aromatic N) is 6. The third kappa shape index (κ3) is 4.36. The van der Waals surface area contributed by atoms with Crippen LogP contribution in [-0.2, 0) is 9.16 Å². The molecule has 0 aliphatic carbocycles. The lowest BCUT2D eigenvalue weighted by atomic mass is 10.1. The van der Waals surface area contributed by atoms with E-state index in [-0.39, 0.29) is 23.7 Å². The Bertz CT molecular complexity index is 1580. The van der Waals surface area contributed by atoms with Crippen LogP contribution in [0.2, 0.25) is 5.04 Å². The lowest BCUT2D eigenvalue weighted by Crippen LogP contribution is -2.68. The first kappa shape index (κ1) is 27.5. The lowest BCUT2D eigenvalue weighted by Gasteiger charge is -2.44. The Morgan fingerprint density at radius 2 is 1.77 bits per heavy atom. The number of ether oxygens (including phenoxy) is 1. The van der Waals surface area contributed by atoms with Crippen molar-refractivity contribution in [2.45, 2.75) is 50.0 Å². The summed E-state index contributed by atoms with van der Waals surface area (Å²) in [5.74, 6) is -0.163. The van der Waals surface area contributed by atoms with Gasteiger partial charge in [-0.25, -0.2) is 4.98 Å². The van der Waals surface area contributed by atoms with Crippen LogP contribution in [0.4, 0.5) is 5.95 Å². The second-order valence-electron chi connectivity index (χ2n) is 10.7. The van der Waals surface area contributed by atoms with Gasteiger partial charge < -0.3 is 25.1 Å². The third-order valence-electron chi connectivity index (χ3n) is 7.25. The summed E-state index contributed by atoms with van der Waals surface area (Å²) < 4.78 is 14.3. The van der Waals surface area contributed by atoms with E-state index in [0.717, 1.165) is 10.4 Å². The molecular formula is C26H30N8O5Si. The lowest BCUT2D eigenvalue weighted by molar-refractivity contribution is -0.119. The largest absolute Gasteiger partial charge is 0.404 e. The second-order valence-corrected chi connectivity index (χ2v) is 15.0. The number of fused-ring (bicyclic) bond motifs is 1. The zero-order valence-electron chi connectivity index (χ0n) is 22.2. The maximum atomic E-state index is 12.3. The molecule has 208 valence electrons. The molecule has 1 aliphatic rings. The number of hydrogen-bond donors (Lipinski definition) is 4. The highest BCUT2D eigenvalue weighted by atomic mass is 28.4.